The molecule has 1 aromatic rings. The molecule has 1 aliphatic rings. The Morgan fingerprint density at radius 2 is 1.95 bits per heavy atom. The molecule has 3 nitrogen and oxygen atoms in total. The Balaban J connectivity index is 2.05. The number of nitrogens with one attached hydrogen (secondary N) is 1. The summed E-state index contributed by atoms with van der Waals surface area (Å²) in [4.78, 5) is 7.29. The lowest BCUT2D eigenvalue weighted by atomic mass is 9.89. The first-order valence-electron chi connectivity index (χ1n) is 8.23. The van der Waals surface area contributed by atoms with Crippen LogP contribution in [0.4, 0.5) is 5.82 Å². The number of anilines is 1. The number of hydrogen-bond donors (Lipinski definition) is 1. The molecule has 2 atom stereocenters. The summed E-state index contributed by atoms with van der Waals surface area (Å²) < 4.78 is 0. The maximum atomic E-state index is 4.84. The first kappa shape index (κ1) is 16.3. The zero-order valence-electron chi connectivity index (χ0n) is 14.5. The number of pyridine rings is 1. The zero-order valence-corrected chi connectivity index (χ0v) is 14.5. The molecule has 0 radical (unpaired) electrons. The van der Waals surface area contributed by atoms with Gasteiger partial charge in [0.25, 0.3) is 0 Å². The lowest BCUT2D eigenvalue weighted by molar-refractivity contribution is 0.322. The Hall–Kier alpha value is -1.09. The second kappa shape index (κ2) is 6.35. The molecule has 1 fully saturated rings. The van der Waals surface area contributed by atoms with Crippen LogP contribution in [-0.4, -0.2) is 23.6 Å². The van der Waals surface area contributed by atoms with Crippen molar-refractivity contribution in [2.45, 2.75) is 60.0 Å². The zero-order chi connectivity index (χ0) is 15.6. The number of piperidine rings is 1. The van der Waals surface area contributed by atoms with Crippen LogP contribution in [0.15, 0.2) is 12.1 Å². The molecule has 0 spiro atoms. The van der Waals surface area contributed by atoms with Gasteiger partial charge in [0.1, 0.15) is 5.82 Å². The molecule has 2 heterocycles. The summed E-state index contributed by atoms with van der Waals surface area (Å²) in [7, 11) is 0. The fraction of sp³-hybridized carbons (Fsp3) is 0.722. The van der Waals surface area contributed by atoms with E-state index in [0.717, 1.165) is 43.0 Å². The third-order valence-corrected chi connectivity index (χ3v) is 4.65. The predicted molar refractivity (Wildman–Crippen MR) is 90.7 cm³/mol. The van der Waals surface area contributed by atoms with E-state index < -0.39 is 0 Å². The van der Waals surface area contributed by atoms with Crippen LogP contribution in [0.2, 0.25) is 0 Å². The van der Waals surface area contributed by atoms with Gasteiger partial charge in [-0.1, -0.05) is 19.9 Å². The largest absolute Gasteiger partial charge is 0.356 e. The summed E-state index contributed by atoms with van der Waals surface area (Å²) in [5.74, 6) is 2.73. The van der Waals surface area contributed by atoms with E-state index in [2.05, 4.69) is 63.9 Å². The van der Waals surface area contributed by atoms with Gasteiger partial charge in [0.2, 0.25) is 0 Å². The minimum Gasteiger partial charge on any atom is -0.356 e. The quantitative estimate of drug-likeness (QED) is 0.918. The fourth-order valence-corrected chi connectivity index (χ4v) is 2.77. The normalized spacial score (nSPS) is 23.4. The van der Waals surface area contributed by atoms with E-state index in [9.17, 15) is 0 Å². The SMILES string of the molecule is Cc1nc(N2CCC(C)C(C)C2)ccc1CNC(C)(C)C. The lowest BCUT2D eigenvalue weighted by Crippen LogP contribution is -2.39. The molecular formula is C18H31N3. The molecule has 0 amide bonds. The molecule has 1 saturated heterocycles. The highest BCUT2D eigenvalue weighted by Gasteiger charge is 2.23. The number of aromatic nitrogens is 1. The van der Waals surface area contributed by atoms with E-state index in [0.29, 0.717) is 0 Å². The summed E-state index contributed by atoms with van der Waals surface area (Å²) >= 11 is 0. The van der Waals surface area contributed by atoms with Gasteiger partial charge in [0.05, 0.1) is 0 Å². The van der Waals surface area contributed by atoms with Gasteiger partial charge in [-0.15, -0.1) is 0 Å². The van der Waals surface area contributed by atoms with Crippen LogP contribution in [0.5, 0.6) is 0 Å². The second-order valence-electron chi connectivity index (χ2n) is 7.71. The maximum absolute atomic E-state index is 4.84. The number of aryl methyl sites for hydroxylation is 1. The Morgan fingerprint density at radius 3 is 2.52 bits per heavy atom. The maximum Gasteiger partial charge on any atom is 0.128 e. The molecule has 118 valence electrons. The van der Waals surface area contributed by atoms with Gasteiger partial charge >= 0.3 is 0 Å². The van der Waals surface area contributed by atoms with E-state index >= 15 is 0 Å². The van der Waals surface area contributed by atoms with Gasteiger partial charge in [-0.2, -0.15) is 0 Å². The summed E-state index contributed by atoms with van der Waals surface area (Å²) in [5, 5.41) is 3.54. The van der Waals surface area contributed by atoms with E-state index in [1.807, 2.05) is 0 Å². The van der Waals surface area contributed by atoms with Crippen LogP contribution in [0, 0.1) is 18.8 Å². The van der Waals surface area contributed by atoms with E-state index in [1.54, 1.807) is 0 Å². The molecule has 1 N–H and O–H groups in total. The first-order valence-corrected chi connectivity index (χ1v) is 8.23. The highest BCUT2D eigenvalue weighted by Crippen LogP contribution is 2.26. The van der Waals surface area contributed by atoms with Crippen LogP contribution >= 0.6 is 0 Å². The molecule has 21 heavy (non-hydrogen) atoms. The third kappa shape index (κ3) is 4.44. The topological polar surface area (TPSA) is 28.2 Å². The van der Waals surface area contributed by atoms with E-state index in [-0.39, 0.29) is 5.54 Å². The first-order chi connectivity index (χ1) is 9.76. The van der Waals surface area contributed by atoms with Crippen LogP contribution in [0.25, 0.3) is 0 Å². The molecule has 1 aliphatic heterocycles. The van der Waals surface area contributed by atoms with Crippen molar-refractivity contribution in [1.82, 2.24) is 10.3 Å². The highest BCUT2D eigenvalue weighted by atomic mass is 15.2. The van der Waals surface area contributed by atoms with Crippen molar-refractivity contribution in [2.24, 2.45) is 11.8 Å². The summed E-state index contributed by atoms with van der Waals surface area (Å²) in [6.07, 6.45) is 1.27. The molecule has 0 aliphatic carbocycles. The van der Waals surface area contributed by atoms with Crippen molar-refractivity contribution < 1.29 is 0 Å². The number of hydrogen-bond acceptors (Lipinski definition) is 3. The molecule has 0 saturated carbocycles. The molecule has 1 aromatic heterocycles. The lowest BCUT2D eigenvalue weighted by Gasteiger charge is -2.36. The average molecular weight is 289 g/mol. The Kier molecular flexibility index (Phi) is 4.92. The van der Waals surface area contributed by atoms with Crippen molar-refractivity contribution in [2.75, 3.05) is 18.0 Å². The van der Waals surface area contributed by atoms with Gasteiger partial charge < -0.3 is 10.2 Å². The smallest absolute Gasteiger partial charge is 0.128 e. The summed E-state index contributed by atoms with van der Waals surface area (Å²) in [5.41, 5.74) is 2.59. The minimum absolute atomic E-state index is 0.142. The highest BCUT2D eigenvalue weighted by molar-refractivity contribution is 5.42. The monoisotopic (exact) mass is 289 g/mol. The van der Waals surface area contributed by atoms with Gasteiger partial charge in [-0.3, -0.25) is 0 Å². The van der Waals surface area contributed by atoms with Crippen molar-refractivity contribution >= 4 is 5.82 Å². The predicted octanol–water partition coefficient (Wildman–Crippen LogP) is 3.76. The van der Waals surface area contributed by atoms with Crippen LogP contribution in [0.3, 0.4) is 0 Å². The van der Waals surface area contributed by atoms with Crippen molar-refractivity contribution in [3.8, 4) is 0 Å². The minimum atomic E-state index is 0.142. The van der Waals surface area contributed by atoms with E-state index in [4.69, 9.17) is 4.98 Å². The third-order valence-electron chi connectivity index (χ3n) is 4.65. The van der Waals surface area contributed by atoms with E-state index in [1.165, 1.54) is 12.0 Å². The van der Waals surface area contributed by atoms with Crippen LogP contribution in [-0.2, 0) is 6.54 Å². The Bertz CT molecular complexity index is 476. The van der Waals surface area contributed by atoms with Gasteiger partial charge in [0, 0.05) is 30.9 Å². The van der Waals surface area contributed by atoms with Gasteiger partial charge in [-0.05, 0) is 57.6 Å². The van der Waals surface area contributed by atoms with Gasteiger partial charge in [0.15, 0.2) is 0 Å². The van der Waals surface area contributed by atoms with Gasteiger partial charge in [-0.25, -0.2) is 4.98 Å². The second-order valence-corrected chi connectivity index (χ2v) is 7.71. The van der Waals surface area contributed by atoms with Crippen LogP contribution < -0.4 is 10.2 Å². The number of rotatable bonds is 3. The molecule has 0 aromatic carbocycles. The molecule has 0 bridgehead atoms. The fourth-order valence-electron chi connectivity index (χ4n) is 2.77. The van der Waals surface area contributed by atoms with Crippen molar-refractivity contribution in [3.63, 3.8) is 0 Å². The average Bonchev–Trinajstić information content (AvgIpc) is 2.39. The Morgan fingerprint density at radius 1 is 1.24 bits per heavy atom. The number of nitrogens with zero attached hydrogens (tertiary/aromatic N) is 2. The molecule has 2 unspecified atom stereocenters. The Labute approximate surface area is 130 Å². The summed E-state index contributed by atoms with van der Waals surface area (Å²) in [6.45, 7) is 16.6. The molecule has 2 rings (SSSR count). The molecular weight excluding hydrogens is 258 g/mol. The van der Waals surface area contributed by atoms with Crippen molar-refractivity contribution in [3.05, 3.63) is 23.4 Å². The van der Waals surface area contributed by atoms with Crippen molar-refractivity contribution in [1.29, 1.82) is 0 Å². The standard InChI is InChI=1S/C18H31N3/c1-13-9-10-21(12-14(13)2)17-8-7-16(15(3)20-17)11-19-18(4,5)6/h7-8,13-14,19H,9-12H2,1-6H3. The molecule has 3 heteroatoms. The van der Waals surface area contributed by atoms with Crippen LogP contribution in [0.1, 0.15) is 52.3 Å². The summed E-state index contributed by atoms with van der Waals surface area (Å²) in [6, 6.07) is 4.43.